The summed E-state index contributed by atoms with van der Waals surface area (Å²) in [5.74, 6) is 0.315. The van der Waals surface area contributed by atoms with E-state index in [4.69, 9.17) is 4.74 Å². The zero-order valence-corrected chi connectivity index (χ0v) is 12.7. The third kappa shape index (κ3) is 5.98. The van der Waals surface area contributed by atoms with Crippen molar-refractivity contribution in [2.24, 2.45) is 5.92 Å². The highest BCUT2D eigenvalue weighted by molar-refractivity contribution is 5.72. The molecule has 4 nitrogen and oxygen atoms in total. The topological polar surface area (TPSA) is 55.4 Å². The molecule has 21 heavy (non-hydrogen) atoms. The summed E-state index contributed by atoms with van der Waals surface area (Å²) in [6.07, 6.45) is 9.79. The second-order valence-electron chi connectivity index (χ2n) is 5.53. The van der Waals surface area contributed by atoms with Gasteiger partial charge in [-0.05, 0) is 30.8 Å². The average molecular weight is 291 g/mol. The third-order valence-electron chi connectivity index (χ3n) is 3.77. The van der Waals surface area contributed by atoms with Crippen LogP contribution < -0.4 is 5.32 Å². The maximum atomic E-state index is 12.1. The Morgan fingerprint density at radius 1 is 1.43 bits per heavy atom. The van der Waals surface area contributed by atoms with Crippen molar-refractivity contribution in [1.82, 2.24) is 5.32 Å². The second kappa shape index (κ2) is 9.16. The predicted octanol–water partition coefficient (Wildman–Crippen LogP) is 2.91. The lowest BCUT2D eigenvalue weighted by molar-refractivity contribution is -0.151. The second-order valence-corrected chi connectivity index (χ2v) is 5.53. The smallest absolute Gasteiger partial charge is 0.308 e. The number of ether oxygens (including phenoxy) is 1. The molecular weight excluding hydrogens is 266 g/mol. The minimum Gasteiger partial charge on any atom is -0.462 e. The van der Waals surface area contributed by atoms with E-state index in [0.717, 1.165) is 24.8 Å². The van der Waals surface area contributed by atoms with Crippen molar-refractivity contribution < 1.29 is 14.3 Å². The van der Waals surface area contributed by atoms with Crippen molar-refractivity contribution >= 4 is 12.4 Å². The number of rotatable bonds is 8. The van der Waals surface area contributed by atoms with E-state index in [1.807, 2.05) is 0 Å². The molecule has 0 aromatic rings. The fourth-order valence-electron chi connectivity index (χ4n) is 2.70. The molecule has 0 aromatic carbocycles. The van der Waals surface area contributed by atoms with E-state index in [-0.39, 0.29) is 18.5 Å². The highest BCUT2D eigenvalue weighted by Crippen LogP contribution is 2.26. The number of hydrogen-bond acceptors (Lipinski definition) is 3. The van der Waals surface area contributed by atoms with Gasteiger partial charge in [-0.3, -0.25) is 9.59 Å². The van der Waals surface area contributed by atoms with Gasteiger partial charge in [-0.2, -0.15) is 0 Å². The van der Waals surface area contributed by atoms with Crippen molar-refractivity contribution in [3.63, 3.8) is 0 Å². The van der Waals surface area contributed by atoms with Crippen LogP contribution in [0.3, 0.4) is 0 Å². The normalized spacial score (nSPS) is 23.8. The van der Waals surface area contributed by atoms with E-state index >= 15 is 0 Å². The Kier molecular flexibility index (Phi) is 7.51. The summed E-state index contributed by atoms with van der Waals surface area (Å²) in [6.45, 7) is 9.49. The number of allylic oxidation sites excluding steroid dienone is 2. The van der Waals surface area contributed by atoms with Crippen LogP contribution in [0.1, 0.15) is 39.0 Å². The van der Waals surface area contributed by atoms with Crippen LogP contribution in [0.2, 0.25) is 0 Å². The van der Waals surface area contributed by atoms with Crippen LogP contribution in [0.25, 0.3) is 0 Å². The van der Waals surface area contributed by atoms with Gasteiger partial charge in [0.1, 0.15) is 6.10 Å². The van der Waals surface area contributed by atoms with Gasteiger partial charge in [0.2, 0.25) is 6.41 Å². The fraction of sp³-hybridized carbons (Fsp3) is 0.529. The van der Waals surface area contributed by atoms with E-state index in [9.17, 15) is 9.59 Å². The number of nitrogens with one attached hydrogen (secondary N) is 1. The largest absolute Gasteiger partial charge is 0.462 e. The molecule has 1 N–H and O–H groups in total. The van der Waals surface area contributed by atoms with Crippen LogP contribution >= 0.6 is 0 Å². The van der Waals surface area contributed by atoms with Crippen LogP contribution in [0, 0.1) is 5.92 Å². The highest BCUT2D eigenvalue weighted by Gasteiger charge is 2.24. The summed E-state index contributed by atoms with van der Waals surface area (Å²) in [7, 11) is 0. The molecule has 1 saturated carbocycles. The van der Waals surface area contributed by atoms with Crippen LogP contribution in [0.4, 0.5) is 0 Å². The Labute approximate surface area is 126 Å². The van der Waals surface area contributed by atoms with E-state index < -0.39 is 6.04 Å². The Hall–Kier alpha value is -1.84. The maximum absolute atomic E-state index is 12.1. The van der Waals surface area contributed by atoms with Gasteiger partial charge in [-0.25, -0.2) is 0 Å². The summed E-state index contributed by atoms with van der Waals surface area (Å²) >= 11 is 0. The van der Waals surface area contributed by atoms with Gasteiger partial charge in [-0.15, -0.1) is 0 Å². The number of carbonyl (C=O) groups is 2. The predicted molar refractivity (Wildman–Crippen MR) is 83.6 cm³/mol. The molecule has 3 unspecified atom stereocenters. The molecular formula is C17H25NO3. The summed E-state index contributed by atoms with van der Waals surface area (Å²) in [5.41, 5.74) is 0.742. The van der Waals surface area contributed by atoms with Crippen molar-refractivity contribution in [2.45, 2.75) is 51.2 Å². The van der Waals surface area contributed by atoms with Gasteiger partial charge in [-0.1, -0.05) is 44.7 Å². The van der Waals surface area contributed by atoms with Crippen molar-refractivity contribution in [3.8, 4) is 0 Å². The molecule has 0 aliphatic heterocycles. The van der Waals surface area contributed by atoms with Gasteiger partial charge in [0.25, 0.3) is 0 Å². The quantitative estimate of drug-likeness (QED) is 0.425. The number of hydrogen-bond donors (Lipinski definition) is 1. The zero-order valence-electron chi connectivity index (χ0n) is 12.7. The molecule has 1 fully saturated rings. The SMILES string of the molecule is C=C/C=C(\C=C)C(CC(=O)OC1CCCC(C)C1)NC=O. The summed E-state index contributed by atoms with van der Waals surface area (Å²) in [5, 5.41) is 2.63. The molecule has 116 valence electrons. The first-order chi connectivity index (χ1) is 10.1. The maximum Gasteiger partial charge on any atom is 0.308 e. The molecule has 1 amide bonds. The molecule has 0 radical (unpaired) electrons. The van der Waals surface area contributed by atoms with E-state index in [2.05, 4.69) is 25.4 Å². The molecule has 0 bridgehead atoms. The fourth-order valence-corrected chi connectivity index (χ4v) is 2.70. The zero-order chi connectivity index (χ0) is 15.7. The summed E-state index contributed by atoms with van der Waals surface area (Å²) in [6, 6.07) is -0.425. The van der Waals surface area contributed by atoms with Gasteiger partial charge >= 0.3 is 5.97 Å². The van der Waals surface area contributed by atoms with E-state index in [0.29, 0.717) is 12.3 Å². The number of carbonyl (C=O) groups excluding carboxylic acids is 2. The standard InChI is InChI=1S/C17H25NO3/c1-4-7-14(5-2)16(18-12-19)11-17(20)21-15-9-6-8-13(3)10-15/h4-5,7,12-13,15-16H,1-2,6,8-11H2,3H3,(H,18,19)/b14-7+. The Morgan fingerprint density at radius 2 is 2.19 bits per heavy atom. The molecule has 1 aliphatic carbocycles. The van der Waals surface area contributed by atoms with Crippen LogP contribution in [-0.4, -0.2) is 24.5 Å². The Balaban J connectivity index is 2.59. The third-order valence-corrected chi connectivity index (χ3v) is 3.77. The van der Waals surface area contributed by atoms with Gasteiger partial charge < -0.3 is 10.1 Å². The molecule has 1 aliphatic rings. The average Bonchev–Trinajstić information content (AvgIpc) is 2.44. The lowest BCUT2D eigenvalue weighted by Crippen LogP contribution is -2.34. The molecule has 3 atom stereocenters. The minimum atomic E-state index is -0.425. The van der Waals surface area contributed by atoms with E-state index in [1.54, 1.807) is 18.2 Å². The van der Waals surface area contributed by atoms with Crippen LogP contribution in [0.15, 0.2) is 37.0 Å². The minimum absolute atomic E-state index is 0.00805. The van der Waals surface area contributed by atoms with E-state index in [1.165, 1.54) is 6.42 Å². The van der Waals surface area contributed by atoms with Crippen molar-refractivity contribution in [2.75, 3.05) is 0 Å². The molecule has 0 spiro atoms. The summed E-state index contributed by atoms with van der Waals surface area (Å²) in [4.78, 5) is 22.8. The Bertz CT molecular complexity index is 414. The van der Waals surface area contributed by atoms with Crippen molar-refractivity contribution in [1.29, 1.82) is 0 Å². The molecule has 4 heteroatoms. The van der Waals surface area contributed by atoms with Crippen molar-refractivity contribution in [3.05, 3.63) is 37.0 Å². The lowest BCUT2D eigenvalue weighted by Gasteiger charge is -2.27. The molecule has 0 aromatic heterocycles. The van der Waals surface area contributed by atoms with Gasteiger partial charge in [0.05, 0.1) is 12.5 Å². The molecule has 0 saturated heterocycles. The van der Waals surface area contributed by atoms with Crippen LogP contribution in [-0.2, 0) is 14.3 Å². The highest BCUT2D eigenvalue weighted by atomic mass is 16.5. The molecule has 1 rings (SSSR count). The number of esters is 1. The first kappa shape index (κ1) is 17.2. The van der Waals surface area contributed by atoms with Gasteiger partial charge in [0.15, 0.2) is 0 Å². The monoisotopic (exact) mass is 291 g/mol. The first-order valence-corrected chi connectivity index (χ1v) is 7.45. The Morgan fingerprint density at radius 3 is 2.76 bits per heavy atom. The lowest BCUT2D eigenvalue weighted by atomic mass is 9.89. The molecule has 0 heterocycles. The first-order valence-electron chi connectivity index (χ1n) is 7.45. The van der Waals surface area contributed by atoms with Gasteiger partial charge in [0, 0.05) is 0 Å². The van der Waals surface area contributed by atoms with Crippen LogP contribution in [0.5, 0.6) is 0 Å². The summed E-state index contributed by atoms with van der Waals surface area (Å²) < 4.78 is 5.53. The number of amides is 1.